The molecule has 1 aliphatic carbocycles. The van der Waals surface area contributed by atoms with Gasteiger partial charge in [-0.15, -0.1) is 11.6 Å². The maximum Gasteiger partial charge on any atom is 0.237 e. The summed E-state index contributed by atoms with van der Waals surface area (Å²) in [6.07, 6.45) is 3.58. The lowest BCUT2D eigenvalue weighted by Crippen LogP contribution is -2.35. The van der Waals surface area contributed by atoms with Crippen LogP contribution >= 0.6 is 11.6 Å². The quantitative estimate of drug-likeness (QED) is 0.703. The summed E-state index contributed by atoms with van der Waals surface area (Å²) in [4.78, 5) is 11.2. The van der Waals surface area contributed by atoms with Crippen molar-refractivity contribution in [1.29, 1.82) is 0 Å². The van der Waals surface area contributed by atoms with E-state index in [4.69, 9.17) is 11.6 Å². The van der Waals surface area contributed by atoms with Gasteiger partial charge in [-0.1, -0.05) is 0 Å². The van der Waals surface area contributed by atoms with Gasteiger partial charge < -0.3 is 10.4 Å². The first-order chi connectivity index (χ1) is 6.59. The molecule has 1 unspecified atom stereocenters. The predicted octanol–water partition coefficient (Wildman–Crippen LogP) is 1.28. The molecule has 0 aromatic carbocycles. The number of alkyl halides is 1. The summed E-state index contributed by atoms with van der Waals surface area (Å²) in [6, 6.07) is 0. The van der Waals surface area contributed by atoms with Crippen LogP contribution in [0.15, 0.2) is 0 Å². The number of carbonyl (C=O) groups is 1. The first-order valence-electron chi connectivity index (χ1n) is 5.19. The minimum atomic E-state index is -0.454. The topological polar surface area (TPSA) is 49.3 Å². The van der Waals surface area contributed by atoms with E-state index in [-0.39, 0.29) is 12.0 Å². The van der Waals surface area contributed by atoms with Crippen molar-refractivity contribution in [2.45, 2.75) is 44.1 Å². The second-order valence-corrected chi connectivity index (χ2v) is 4.69. The van der Waals surface area contributed by atoms with Crippen LogP contribution in [0.1, 0.15) is 32.6 Å². The van der Waals surface area contributed by atoms with Crippen molar-refractivity contribution in [3.05, 3.63) is 0 Å². The standard InChI is InChI=1S/C10H18ClNO2/c1-7(11)10(14)12-6-8-2-4-9(13)5-3-8/h7-9,13H,2-6H2,1H3,(H,12,14). The third-order valence-corrected chi connectivity index (χ3v) is 2.94. The van der Waals surface area contributed by atoms with E-state index >= 15 is 0 Å². The van der Waals surface area contributed by atoms with Gasteiger partial charge in [0.15, 0.2) is 0 Å². The summed E-state index contributed by atoms with van der Waals surface area (Å²) < 4.78 is 0. The van der Waals surface area contributed by atoms with Crippen LogP contribution in [0.3, 0.4) is 0 Å². The van der Waals surface area contributed by atoms with Crippen molar-refractivity contribution in [2.75, 3.05) is 6.54 Å². The molecule has 1 saturated carbocycles. The molecule has 0 spiro atoms. The molecule has 4 heteroatoms. The summed E-state index contributed by atoms with van der Waals surface area (Å²) in [7, 11) is 0. The number of aliphatic hydroxyl groups is 1. The van der Waals surface area contributed by atoms with E-state index in [1.54, 1.807) is 6.92 Å². The summed E-state index contributed by atoms with van der Waals surface area (Å²) in [6.45, 7) is 2.37. The molecule has 14 heavy (non-hydrogen) atoms. The van der Waals surface area contributed by atoms with Gasteiger partial charge in [-0.05, 0) is 38.5 Å². The SMILES string of the molecule is CC(Cl)C(=O)NCC1CCC(O)CC1. The van der Waals surface area contributed by atoms with E-state index < -0.39 is 5.38 Å². The molecule has 1 aliphatic rings. The number of halogens is 1. The Bertz CT molecular complexity index is 189. The molecule has 0 aromatic rings. The highest BCUT2D eigenvalue weighted by molar-refractivity contribution is 6.30. The van der Waals surface area contributed by atoms with E-state index in [1.165, 1.54) is 0 Å². The number of hydrogen-bond acceptors (Lipinski definition) is 2. The lowest BCUT2D eigenvalue weighted by atomic mass is 9.87. The van der Waals surface area contributed by atoms with Crippen LogP contribution in [0.5, 0.6) is 0 Å². The van der Waals surface area contributed by atoms with Crippen molar-refractivity contribution < 1.29 is 9.90 Å². The molecule has 1 rings (SSSR count). The Hall–Kier alpha value is -0.280. The number of carbonyl (C=O) groups excluding carboxylic acids is 1. The number of hydrogen-bond donors (Lipinski definition) is 2. The van der Waals surface area contributed by atoms with E-state index in [9.17, 15) is 9.90 Å². The van der Waals surface area contributed by atoms with Crippen molar-refractivity contribution in [2.24, 2.45) is 5.92 Å². The van der Waals surface area contributed by atoms with Gasteiger partial charge in [0.05, 0.1) is 6.10 Å². The molecular formula is C10H18ClNO2. The number of nitrogens with one attached hydrogen (secondary N) is 1. The van der Waals surface area contributed by atoms with Crippen LogP contribution < -0.4 is 5.32 Å². The molecule has 0 aromatic heterocycles. The van der Waals surface area contributed by atoms with Gasteiger partial charge in [0, 0.05) is 6.54 Å². The van der Waals surface area contributed by atoms with Gasteiger partial charge in [-0.2, -0.15) is 0 Å². The van der Waals surface area contributed by atoms with Crippen LogP contribution in [0.25, 0.3) is 0 Å². The van der Waals surface area contributed by atoms with Gasteiger partial charge in [0.2, 0.25) is 5.91 Å². The molecule has 0 heterocycles. The van der Waals surface area contributed by atoms with Crippen LogP contribution in [-0.2, 0) is 4.79 Å². The predicted molar refractivity (Wildman–Crippen MR) is 56.3 cm³/mol. The minimum Gasteiger partial charge on any atom is -0.393 e. The Kier molecular flexibility index (Phi) is 4.69. The van der Waals surface area contributed by atoms with Crippen molar-refractivity contribution >= 4 is 17.5 Å². The average Bonchev–Trinajstić information content (AvgIpc) is 2.16. The summed E-state index contributed by atoms with van der Waals surface area (Å²) >= 11 is 5.62. The summed E-state index contributed by atoms with van der Waals surface area (Å²) in [5.41, 5.74) is 0. The molecule has 1 amide bonds. The van der Waals surface area contributed by atoms with Crippen LogP contribution in [0.4, 0.5) is 0 Å². The first kappa shape index (κ1) is 11.8. The largest absolute Gasteiger partial charge is 0.393 e. The van der Waals surface area contributed by atoms with Gasteiger partial charge in [-0.25, -0.2) is 0 Å². The Labute approximate surface area is 89.8 Å². The maximum absolute atomic E-state index is 11.2. The molecule has 0 aliphatic heterocycles. The third kappa shape index (κ3) is 3.84. The maximum atomic E-state index is 11.2. The van der Waals surface area contributed by atoms with Crippen molar-refractivity contribution in [1.82, 2.24) is 5.32 Å². The summed E-state index contributed by atoms with van der Waals surface area (Å²) in [5.74, 6) is 0.413. The first-order valence-corrected chi connectivity index (χ1v) is 5.63. The zero-order valence-electron chi connectivity index (χ0n) is 8.50. The molecule has 1 fully saturated rings. The zero-order valence-corrected chi connectivity index (χ0v) is 9.26. The van der Waals surface area contributed by atoms with Crippen LogP contribution in [-0.4, -0.2) is 29.0 Å². The second kappa shape index (κ2) is 5.56. The normalized spacial score (nSPS) is 29.6. The molecule has 0 bridgehead atoms. The smallest absolute Gasteiger partial charge is 0.237 e. The second-order valence-electron chi connectivity index (χ2n) is 4.04. The highest BCUT2D eigenvalue weighted by atomic mass is 35.5. The summed E-state index contributed by atoms with van der Waals surface area (Å²) in [5, 5.41) is 11.6. The molecule has 2 N–H and O–H groups in total. The molecular weight excluding hydrogens is 202 g/mol. The van der Waals surface area contributed by atoms with Crippen molar-refractivity contribution in [3.63, 3.8) is 0 Å². The Balaban J connectivity index is 2.16. The number of aliphatic hydroxyl groups excluding tert-OH is 1. The van der Waals surface area contributed by atoms with E-state index in [2.05, 4.69) is 5.32 Å². The molecule has 1 atom stereocenters. The minimum absolute atomic E-state index is 0.0993. The fourth-order valence-corrected chi connectivity index (χ4v) is 1.81. The van der Waals surface area contributed by atoms with Gasteiger partial charge in [-0.3, -0.25) is 4.79 Å². The van der Waals surface area contributed by atoms with E-state index in [0.717, 1.165) is 25.7 Å². The molecule has 0 saturated heterocycles. The van der Waals surface area contributed by atoms with Crippen LogP contribution in [0, 0.1) is 5.92 Å². The highest BCUT2D eigenvalue weighted by Crippen LogP contribution is 2.23. The van der Waals surface area contributed by atoms with Gasteiger partial charge in [0.25, 0.3) is 0 Å². The Morgan fingerprint density at radius 2 is 2.07 bits per heavy atom. The molecule has 3 nitrogen and oxygen atoms in total. The fourth-order valence-electron chi connectivity index (χ4n) is 1.73. The lowest BCUT2D eigenvalue weighted by Gasteiger charge is -2.25. The zero-order chi connectivity index (χ0) is 10.6. The van der Waals surface area contributed by atoms with Crippen LogP contribution in [0.2, 0.25) is 0 Å². The number of amides is 1. The third-order valence-electron chi connectivity index (χ3n) is 2.74. The lowest BCUT2D eigenvalue weighted by molar-refractivity contribution is -0.120. The Morgan fingerprint density at radius 1 is 1.50 bits per heavy atom. The van der Waals surface area contributed by atoms with Gasteiger partial charge >= 0.3 is 0 Å². The monoisotopic (exact) mass is 219 g/mol. The highest BCUT2D eigenvalue weighted by Gasteiger charge is 2.20. The fraction of sp³-hybridized carbons (Fsp3) is 0.900. The van der Waals surface area contributed by atoms with Gasteiger partial charge in [0.1, 0.15) is 5.38 Å². The number of rotatable bonds is 3. The molecule has 0 radical (unpaired) electrons. The van der Waals surface area contributed by atoms with Crippen molar-refractivity contribution in [3.8, 4) is 0 Å². The van der Waals surface area contributed by atoms with E-state index in [0.29, 0.717) is 12.5 Å². The molecule has 82 valence electrons. The van der Waals surface area contributed by atoms with E-state index in [1.807, 2.05) is 0 Å². The Morgan fingerprint density at radius 3 is 2.57 bits per heavy atom. The average molecular weight is 220 g/mol.